The van der Waals surface area contributed by atoms with E-state index in [0.717, 1.165) is 21.9 Å². The Balaban J connectivity index is 1.03. The topological polar surface area (TPSA) is 161 Å². The van der Waals surface area contributed by atoms with Crippen LogP contribution in [0.15, 0.2) is 82.6 Å². The van der Waals surface area contributed by atoms with Crippen LogP contribution in [-0.4, -0.2) is 46.6 Å². The normalized spacial score (nSPS) is 26.5. The molecule has 1 aromatic heterocycles. The summed E-state index contributed by atoms with van der Waals surface area (Å²) < 4.78 is 10.9. The summed E-state index contributed by atoms with van der Waals surface area (Å²) in [6.07, 6.45) is 0.740. The maximum Gasteiger partial charge on any atom is 0.305 e. The molecule has 2 aliphatic heterocycles. The van der Waals surface area contributed by atoms with E-state index in [4.69, 9.17) is 9.47 Å². The van der Waals surface area contributed by atoms with Crippen molar-refractivity contribution in [3.05, 3.63) is 103 Å². The second-order valence-electron chi connectivity index (χ2n) is 12.4. The number of imide groups is 1. The summed E-state index contributed by atoms with van der Waals surface area (Å²) >= 11 is 2.78. The van der Waals surface area contributed by atoms with E-state index >= 15 is 0 Å². The Morgan fingerprint density at radius 3 is 2.29 bits per heavy atom. The highest BCUT2D eigenvalue weighted by Crippen LogP contribution is 2.68. The van der Waals surface area contributed by atoms with E-state index in [-0.39, 0.29) is 63.8 Å². The molecule has 4 aromatic rings. The lowest BCUT2D eigenvalue weighted by atomic mass is 9.68. The molecule has 4 unspecified atom stereocenters. The second-order valence-corrected chi connectivity index (χ2v) is 14.6. The van der Waals surface area contributed by atoms with Crippen molar-refractivity contribution in [1.82, 2.24) is 4.98 Å². The number of nitro groups is 1. The lowest BCUT2D eigenvalue weighted by Gasteiger charge is -2.43. The van der Waals surface area contributed by atoms with E-state index in [2.05, 4.69) is 10.3 Å². The zero-order valence-electron chi connectivity index (χ0n) is 25.4. The molecule has 3 aromatic carbocycles. The Hall–Kier alpha value is -4.95. The average molecular weight is 685 g/mol. The lowest BCUT2D eigenvalue weighted by Crippen LogP contribution is -2.42. The van der Waals surface area contributed by atoms with Crippen LogP contribution >= 0.6 is 23.1 Å². The molecule has 2 saturated carbocycles. The van der Waals surface area contributed by atoms with Gasteiger partial charge in [0.05, 0.1) is 34.6 Å². The Bertz CT molecular complexity index is 2010. The first-order valence-corrected chi connectivity index (χ1v) is 17.1. The van der Waals surface area contributed by atoms with E-state index in [9.17, 15) is 29.3 Å². The molecule has 7 atom stereocenters. The van der Waals surface area contributed by atoms with E-state index in [1.54, 1.807) is 55.3 Å². The Kier molecular flexibility index (Phi) is 7.36. The van der Waals surface area contributed by atoms with Crippen molar-refractivity contribution in [1.29, 1.82) is 0 Å². The van der Waals surface area contributed by atoms with Crippen molar-refractivity contribution in [2.45, 2.75) is 22.6 Å². The first-order valence-electron chi connectivity index (χ1n) is 15.4. The van der Waals surface area contributed by atoms with Gasteiger partial charge in [-0.25, -0.2) is 0 Å². The third kappa shape index (κ3) is 4.89. The van der Waals surface area contributed by atoms with Gasteiger partial charge in [-0.2, -0.15) is 0 Å². The number of non-ortho nitro benzene ring substituents is 1. The molecule has 1 saturated heterocycles. The Morgan fingerprint density at radius 2 is 1.62 bits per heavy atom. The number of benzene rings is 3. The van der Waals surface area contributed by atoms with Gasteiger partial charge in [0.1, 0.15) is 11.5 Å². The van der Waals surface area contributed by atoms with Crippen molar-refractivity contribution in [3.8, 4) is 11.5 Å². The number of nitrogens with one attached hydrogen (secondary N) is 2. The van der Waals surface area contributed by atoms with Crippen LogP contribution in [0, 0.1) is 39.7 Å². The number of hydrogen-bond donors (Lipinski definition) is 2. The van der Waals surface area contributed by atoms with Crippen LogP contribution in [0.1, 0.15) is 22.8 Å². The number of fused-ring (bicyclic) bond motifs is 9. The molecule has 3 amide bonds. The fourth-order valence-corrected chi connectivity index (χ4v) is 11.0. The van der Waals surface area contributed by atoms with E-state index in [1.807, 2.05) is 12.1 Å². The van der Waals surface area contributed by atoms with E-state index in [0.29, 0.717) is 22.9 Å². The number of nitro benzene ring substituents is 1. The third-order valence-corrected chi connectivity index (χ3v) is 12.6. The number of thiazole rings is 1. The number of hydrogen-bond acceptors (Lipinski definition) is 10. The van der Waals surface area contributed by atoms with Gasteiger partial charge in [-0.1, -0.05) is 23.5 Å². The van der Waals surface area contributed by atoms with Crippen molar-refractivity contribution in [3.63, 3.8) is 0 Å². The van der Waals surface area contributed by atoms with Crippen molar-refractivity contribution < 1.29 is 28.8 Å². The number of methoxy groups -OCH3 is 1. The SMILES string of the molecule is COc1ccc(NC(=O)COc2ccc([C@H]3c4sc(=O)[nH]c4SC4C3[C@H]3C[C@@H]4C4C(=O)N(c5ccc([N+](=O)[O-])cc5)C(=O)C43)cc2)cc1. The molecule has 3 heterocycles. The number of carbonyl (C=O) groups is 3. The van der Waals surface area contributed by atoms with Gasteiger partial charge in [0, 0.05) is 33.9 Å². The molecule has 3 fully saturated rings. The summed E-state index contributed by atoms with van der Waals surface area (Å²) in [5, 5.41) is 14.8. The molecule has 2 aliphatic carbocycles. The molecule has 0 radical (unpaired) electrons. The predicted octanol–water partition coefficient (Wildman–Crippen LogP) is 5.05. The number of rotatable bonds is 8. The fraction of sp³-hybridized carbons (Fsp3) is 0.294. The van der Waals surface area contributed by atoms with Gasteiger partial charge in [0.25, 0.3) is 11.6 Å². The van der Waals surface area contributed by atoms with Crippen LogP contribution in [0.2, 0.25) is 0 Å². The van der Waals surface area contributed by atoms with Crippen molar-refractivity contribution in [2.24, 2.45) is 29.6 Å². The summed E-state index contributed by atoms with van der Waals surface area (Å²) in [5.41, 5.74) is 1.81. The van der Waals surface area contributed by atoms with Gasteiger partial charge in [0.15, 0.2) is 6.61 Å². The van der Waals surface area contributed by atoms with Crippen LogP contribution in [-0.2, 0) is 14.4 Å². The minimum Gasteiger partial charge on any atom is -0.497 e. The second kappa shape index (κ2) is 11.6. The quantitative estimate of drug-likeness (QED) is 0.147. The van der Waals surface area contributed by atoms with Gasteiger partial charge in [-0.05, 0) is 78.3 Å². The number of anilines is 2. The minimum atomic E-state index is -0.517. The van der Waals surface area contributed by atoms with E-state index in [1.165, 1.54) is 40.5 Å². The zero-order valence-corrected chi connectivity index (χ0v) is 27.0. The molecule has 2 bridgehead atoms. The molecule has 14 heteroatoms. The van der Waals surface area contributed by atoms with Crippen LogP contribution < -0.4 is 24.6 Å². The molecule has 8 rings (SSSR count). The van der Waals surface area contributed by atoms with Crippen molar-refractivity contribution in [2.75, 3.05) is 23.9 Å². The number of thioether (sulfide) groups is 1. The number of aromatic amines is 1. The van der Waals surface area contributed by atoms with Crippen LogP contribution in [0.4, 0.5) is 17.1 Å². The number of nitrogens with zero attached hydrogens (tertiary/aromatic N) is 2. The molecular weight excluding hydrogens is 657 g/mol. The van der Waals surface area contributed by atoms with Gasteiger partial charge >= 0.3 is 4.87 Å². The molecule has 244 valence electrons. The monoisotopic (exact) mass is 684 g/mol. The summed E-state index contributed by atoms with van der Waals surface area (Å²) in [6, 6.07) is 20.0. The molecule has 4 aliphatic rings. The first kappa shape index (κ1) is 30.4. The van der Waals surface area contributed by atoms with Gasteiger partial charge in [-0.3, -0.25) is 34.2 Å². The number of carbonyl (C=O) groups excluding carboxylic acids is 3. The number of amides is 3. The molecule has 12 nitrogen and oxygen atoms in total. The molecule has 0 spiro atoms. The highest BCUT2D eigenvalue weighted by atomic mass is 32.2. The Morgan fingerprint density at radius 1 is 0.958 bits per heavy atom. The highest BCUT2D eigenvalue weighted by molar-refractivity contribution is 8.00. The minimum absolute atomic E-state index is 0.0100. The summed E-state index contributed by atoms with van der Waals surface area (Å²) in [6.45, 7) is -0.187. The molecule has 48 heavy (non-hydrogen) atoms. The largest absolute Gasteiger partial charge is 0.497 e. The standard InChI is InChI=1S/C34H28N4O8S2/c1-45-20-12-4-17(5-13-20)35-24(39)15-46-21-10-2-16(3-11-21)25-26-22-14-23(29(26)47-31-30(25)48-34(42)36-31)28-27(22)32(40)37(33(28)41)18-6-8-19(9-7-18)38(43)44/h2-13,22-23,25-29H,14-15H2,1H3,(H,35,39)(H,36,42)/t22-,23-,25-,26?,27?,28?,29?/m1/s1. The molecule has 2 N–H and O–H groups in total. The average Bonchev–Trinajstić information content (AvgIpc) is 3.83. The van der Waals surface area contributed by atoms with Gasteiger partial charge in [-0.15, -0.1) is 11.8 Å². The molecular formula is C34H28N4O8S2. The maximum atomic E-state index is 13.9. The number of aromatic nitrogens is 1. The van der Waals surface area contributed by atoms with Gasteiger partial charge < -0.3 is 19.8 Å². The lowest BCUT2D eigenvalue weighted by molar-refractivity contribution is -0.384. The van der Waals surface area contributed by atoms with E-state index < -0.39 is 16.8 Å². The van der Waals surface area contributed by atoms with Crippen LogP contribution in [0.25, 0.3) is 0 Å². The first-order chi connectivity index (χ1) is 23.2. The maximum absolute atomic E-state index is 13.9. The number of H-pyrrole nitrogens is 1. The summed E-state index contributed by atoms with van der Waals surface area (Å²) in [4.78, 5) is 68.5. The Labute approximate surface area is 281 Å². The predicted molar refractivity (Wildman–Crippen MR) is 178 cm³/mol. The van der Waals surface area contributed by atoms with Gasteiger partial charge in [0.2, 0.25) is 11.8 Å². The number of ether oxygens (including phenoxy) is 2. The third-order valence-electron chi connectivity index (χ3n) is 10.0. The van der Waals surface area contributed by atoms with Crippen LogP contribution in [0.3, 0.4) is 0 Å². The summed E-state index contributed by atoms with van der Waals surface area (Å²) in [7, 11) is 1.57. The van der Waals surface area contributed by atoms with Crippen molar-refractivity contribution >= 4 is 57.9 Å². The van der Waals surface area contributed by atoms with Crippen LogP contribution in [0.5, 0.6) is 11.5 Å². The zero-order chi connectivity index (χ0) is 33.3. The smallest absolute Gasteiger partial charge is 0.305 e. The summed E-state index contributed by atoms with van der Waals surface area (Å²) in [5.74, 6) is -0.906. The fourth-order valence-electron chi connectivity index (χ4n) is 8.16. The highest BCUT2D eigenvalue weighted by Gasteiger charge is 2.69.